The van der Waals surface area contributed by atoms with E-state index in [1.54, 1.807) is 12.1 Å². The van der Waals surface area contributed by atoms with Gasteiger partial charge in [0, 0.05) is 11.9 Å². The lowest BCUT2D eigenvalue weighted by atomic mass is 10.1. The number of anilines is 2. The molecule has 1 atom stereocenters. The van der Waals surface area contributed by atoms with E-state index in [4.69, 9.17) is 24.4 Å². The van der Waals surface area contributed by atoms with Crippen molar-refractivity contribution in [1.82, 2.24) is 10.7 Å². The van der Waals surface area contributed by atoms with Crippen LogP contribution in [0, 0.1) is 12.8 Å². The molecule has 0 bridgehead atoms. The first kappa shape index (κ1) is 19.6. The van der Waals surface area contributed by atoms with E-state index in [1.165, 1.54) is 11.1 Å². The Kier molecular flexibility index (Phi) is 6.07. The van der Waals surface area contributed by atoms with E-state index in [-0.39, 0.29) is 10.2 Å². The maximum absolute atomic E-state index is 12.8. The first-order chi connectivity index (χ1) is 13.5. The highest BCUT2D eigenvalue weighted by atomic mass is 32.1. The van der Waals surface area contributed by atoms with Crippen molar-refractivity contribution in [2.75, 3.05) is 10.2 Å². The van der Waals surface area contributed by atoms with Crippen LogP contribution < -0.4 is 21.0 Å². The summed E-state index contributed by atoms with van der Waals surface area (Å²) in [5.74, 6) is -2.14. The van der Waals surface area contributed by atoms with E-state index < -0.39 is 17.7 Å². The molecule has 2 aromatic carbocycles. The van der Waals surface area contributed by atoms with E-state index in [9.17, 15) is 9.59 Å². The Bertz CT molecular complexity index is 945. The third kappa shape index (κ3) is 4.56. The van der Waals surface area contributed by atoms with Crippen LogP contribution in [0.2, 0.25) is 0 Å². The summed E-state index contributed by atoms with van der Waals surface area (Å²) >= 11 is 10.3. The zero-order chi connectivity index (χ0) is 20.1. The maximum Gasteiger partial charge on any atom is 0.251 e. The van der Waals surface area contributed by atoms with Gasteiger partial charge in [0.15, 0.2) is 16.1 Å². The molecular weight excluding hydrogens is 394 g/mol. The third-order valence-electron chi connectivity index (χ3n) is 3.92. The van der Waals surface area contributed by atoms with Gasteiger partial charge in [0.2, 0.25) is 5.91 Å². The van der Waals surface area contributed by atoms with Crippen LogP contribution in [0.3, 0.4) is 0 Å². The van der Waals surface area contributed by atoms with Crippen LogP contribution in [0.25, 0.3) is 0 Å². The molecule has 142 valence electrons. The number of rotatable bonds is 4. The monoisotopic (exact) mass is 411 g/mol. The van der Waals surface area contributed by atoms with Crippen molar-refractivity contribution in [2.45, 2.75) is 6.92 Å². The Morgan fingerprint density at radius 3 is 2.50 bits per heavy atom. The smallest absolute Gasteiger partial charge is 0.251 e. The largest absolute Gasteiger partial charge is 0.331 e. The fraction of sp³-hybridized carbons (Fsp3) is 0.105. The van der Waals surface area contributed by atoms with Crippen molar-refractivity contribution in [3.63, 3.8) is 0 Å². The molecule has 1 aliphatic heterocycles. The molecule has 3 N–H and O–H groups in total. The van der Waals surface area contributed by atoms with E-state index in [0.717, 1.165) is 11.3 Å². The van der Waals surface area contributed by atoms with Crippen LogP contribution >= 0.6 is 24.4 Å². The summed E-state index contributed by atoms with van der Waals surface area (Å²) < 4.78 is 0. The Hall–Kier alpha value is -3.17. The highest BCUT2D eigenvalue weighted by Gasteiger charge is 2.38. The number of hydrazone groups is 1. The second-order valence-corrected chi connectivity index (χ2v) is 6.79. The molecule has 7 nitrogen and oxygen atoms in total. The molecule has 1 saturated heterocycles. The Balaban J connectivity index is 1.68. The molecule has 2 aromatic rings. The van der Waals surface area contributed by atoms with Crippen molar-refractivity contribution < 1.29 is 9.59 Å². The maximum atomic E-state index is 12.8. The number of carbonyl (C=O) groups is 2. The van der Waals surface area contributed by atoms with Gasteiger partial charge in [0.05, 0.1) is 5.69 Å². The van der Waals surface area contributed by atoms with Crippen LogP contribution in [0.5, 0.6) is 0 Å². The van der Waals surface area contributed by atoms with Gasteiger partial charge >= 0.3 is 0 Å². The van der Waals surface area contributed by atoms with E-state index >= 15 is 0 Å². The average Bonchev–Trinajstić information content (AvgIpc) is 2.66. The molecule has 1 heterocycles. The second kappa shape index (κ2) is 8.68. The number of nitrogens with zero attached hydrogens (tertiary/aromatic N) is 2. The van der Waals surface area contributed by atoms with Crippen molar-refractivity contribution >= 4 is 64.1 Å². The van der Waals surface area contributed by atoms with Crippen LogP contribution in [-0.2, 0) is 9.59 Å². The van der Waals surface area contributed by atoms with Crippen LogP contribution in [0.4, 0.5) is 11.4 Å². The fourth-order valence-electron chi connectivity index (χ4n) is 2.51. The van der Waals surface area contributed by atoms with Gasteiger partial charge in [0.1, 0.15) is 0 Å². The minimum Gasteiger partial charge on any atom is -0.331 e. The standard InChI is InChI=1S/C19H17N5O2S2/c1-12-7-9-14(10-8-12)24-17(26)15(16(25)22-19(24)28)11-20-23-18(27)21-13-5-3-2-4-6-13/h2-11,15H,1H3,(H2,21,23,27)(H,22,25,28)/b20-11-/t15-/m0/s1. The topological polar surface area (TPSA) is 85.8 Å². The molecule has 0 unspecified atom stereocenters. The number of benzene rings is 2. The van der Waals surface area contributed by atoms with Crippen LogP contribution in [0.15, 0.2) is 59.7 Å². The lowest BCUT2D eigenvalue weighted by Crippen LogP contribution is -2.58. The first-order valence-electron chi connectivity index (χ1n) is 8.36. The highest BCUT2D eigenvalue weighted by molar-refractivity contribution is 7.80. The summed E-state index contributed by atoms with van der Waals surface area (Å²) in [6, 6.07) is 16.6. The predicted octanol–water partition coefficient (Wildman–Crippen LogP) is 2.33. The van der Waals surface area contributed by atoms with Gasteiger partial charge in [-0.1, -0.05) is 35.9 Å². The number of nitrogens with one attached hydrogen (secondary N) is 3. The third-order valence-corrected chi connectivity index (χ3v) is 4.39. The second-order valence-electron chi connectivity index (χ2n) is 5.99. The van der Waals surface area contributed by atoms with E-state index in [0.29, 0.717) is 5.69 Å². The number of hydrogen-bond donors (Lipinski definition) is 3. The molecule has 0 aromatic heterocycles. The molecule has 0 spiro atoms. The fourth-order valence-corrected chi connectivity index (χ4v) is 2.98. The number of amides is 2. The molecule has 2 amide bonds. The Morgan fingerprint density at radius 1 is 1.14 bits per heavy atom. The van der Waals surface area contributed by atoms with Gasteiger partial charge < -0.3 is 10.6 Å². The van der Waals surface area contributed by atoms with Gasteiger partial charge in [-0.3, -0.25) is 19.9 Å². The summed E-state index contributed by atoms with van der Waals surface area (Å²) in [6.45, 7) is 1.94. The van der Waals surface area contributed by atoms with Crippen molar-refractivity contribution in [2.24, 2.45) is 11.0 Å². The highest BCUT2D eigenvalue weighted by Crippen LogP contribution is 2.20. The summed E-state index contributed by atoms with van der Waals surface area (Å²) in [6.07, 6.45) is 1.21. The van der Waals surface area contributed by atoms with Gasteiger partial charge in [-0.15, -0.1) is 0 Å². The summed E-state index contributed by atoms with van der Waals surface area (Å²) in [5.41, 5.74) is 5.01. The summed E-state index contributed by atoms with van der Waals surface area (Å²) in [5, 5.41) is 9.67. The predicted molar refractivity (Wildman–Crippen MR) is 117 cm³/mol. The molecule has 0 saturated carbocycles. The minimum atomic E-state index is -1.12. The molecule has 3 rings (SSSR count). The van der Waals surface area contributed by atoms with Crippen molar-refractivity contribution in [3.8, 4) is 0 Å². The van der Waals surface area contributed by atoms with E-state index in [2.05, 4.69) is 21.2 Å². The minimum absolute atomic E-state index is 0.0396. The molecule has 9 heteroatoms. The molecule has 0 radical (unpaired) electrons. The number of hydrogen-bond acceptors (Lipinski definition) is 5. The van der Waals surface area contributed by atoms with E-state index in [1.807, 2.05) is 49.4 Å². The SMILES string of the molecule is Cc1ccc(N2C(=O)[C@@H](/C=N\NC(=S)Nc3ccccc3)C(=O)NC2=S)cc1. The van der Waals surface area contributed by atoms with Crippen LogP contribution in [-0.4, -0.2) is 28.3 Å². The number of thiocarbonyl (C=S) groups is 2. The molecule has 1 fully saturated rings. The van der Waals surface area contributed by atoms with Crippen molar-refractivity contribution in [3.05, 3.63) is 60.2 Å². The zero-order valence-corrected chi connectivity index (χ0v) is 16.5. The normalized spacial score (nSPS) is 16.8. The van der Waals surface area contributed by atoms with Gasteiger partial charge in [-0.05, 0) is 55.6 Å². The molecule has 1 aliphatic rings. The van der Waals surface area contributed by atoms with Crippen molar-refractivity contribution in [1.29, 1.82) is 0 Å². The Labute approximate surface area is 172 Å². The number of carbonyl (C=O) groups excluding carboxylic acids is 2. The number of aryl methyl sites for hydroxylation is 1. The first-order valence-corrected chi connectivity index (χ1v) is 9.18. The van der Waals surface area contributed by atoms with Gasteiger partial charge in [-0.2, -0.15) is 5.10 Å². The average molecular weight is 412 g/mol. The summed E-state index contributed by atoms with van der Waals surface area (Å²) in [7, 11) is 0. The lowest BCUT2D eigenvalue weighted by molar-refractivity contribution is -0.130. The van der Waals surface area contributed by atoms with Crippen LogP contribution in [0.1, 0.15) is 5.56 Å². The summed E-state index contributed by atoms with van der Waals surface area (Å²) in [4.78, 5) is 26.3. The molecule has 28 heavy (non-hydrogen) atoms. The Morgan fingerprint density at radius 2 is 1.82 bits per heavy atom. The van der Waals surface area contributed by atoms with Gasteiger partial charge in [-0.25, -0.2) is 0 Å². The molecule has 0 aliphatic carbocycles. The zero-order valence-electron chi connectivity index (χ0n) is 14.9. The quantitative estimate of drug-likeness (QED) is 0.310. The lowest BCUT2D eigenvalue weighted by Gasteiger charge is -2.30. The van der Waals surface area contributed by atoms with Gasteiger partial charge in [0.25, 0.3) is 5.91 Å². The number of para-hydroxylation sites is 1. The molecular formula is C19H17N5O2S2.